The van der Waals surface area contributed by atoms with E-state index in [9.17, 15) is 0 Å². The van der Waals surface area contributed by atoms with Gasteiger partial charge in [-0.15, -0.1) is 0 Å². The molecule has 2 rings (SSSR count). The van der Waals surface area contributed by atoms with E-state index in [0.717, 1.165) is 5.69 Å². The number of benzene rings is 1. The van der Waals surface area contributed by atoms with Gasteiger partial charge >= 0.3 is 0 Å². The summed E-state index contributed by atoms with van der Waals surface area (Å²) in [5.74, 6) is 0.565. The maximum absolute atomic E-state index is 9.01. The fourth-order valence-electron chi connectivity index (χ4n) is 1.83. The first-order valence-electron chi connectivity index (χ1n) is 6.02. The van der Waals surface area contributed by atoms with Crippen molar-refractivity contribution in [3.8, 4) is 12.1 Å². The summed E-state index contributed by atoms with van der Waals surface area (Å²) in [5.41, 5.74) is 1.35. The molecule has 0 aliphatic rings. The largest absolute Gasteiger partial charge is 0.325 e. The number of hydrogen-bond acceptors (Lipinski definition) is 4. The van der Waals surface area contributed by atoms with Gasteiger partial charge in [-0.3, -0.25) is 0 Å². The molecule has 98 valence electrons. The number of pyridine rings is 1. The molecular weight excluding hydrogens is 272 g/mol. The number of para-hydroxylation sites is 1. The van der Waals surface area contributed by atoms with Gasteiger partial charge in [0, 0.05) is 12.2 Å². The Balaban J connectivity index is 2.44. The lowest BCUT2D eigenvalue weighted by Crippen LogP contribution is -2.19. The highest BCUT2D eigenvalue weighted by molar-refractivity contribution is 6.29. The number of rotatable bonds is 4. The second-order valence-electron chi connectivity index (χ2n) is 4.04. The molecule has 0 saturated heterocycles. The zero-order valence-corrected chi connectivity index (χ0v) is 11.4. The van der Waals surface area contributed by atoms with Crippen molar-refractivity contribution in [2.75, 3.05) is 11.4 Å². The van der Waals surface area contributed by atoms with Crippen molar-refractivity contribution in [3.63, 3.8) is 0 Å². The number of halogens is 1. The third kappa shape index (κ3) is 3.26. The molecular formula is C15H11ClN4. The van der Waals surface area contributed by atoms with Gasteiger partial charge in [-0.25, -0.2) is 4.98 Å². The minimum absolute atomic E-state index is 0.261. The van der Waals surface area contributed by atoms with E-state index in [1.807, 2.05) is 35.2 Å². The van der Waals surface area contributed by atoms with Crippen LogP contribution in [0.2, 0.25) is 5.15 Å². The molecule has 5 heteroatoms. The molecule has 0 N–H and O–H groups in total. The monoisotopic (exact) mass is 282 g/mol. The minimum atomic E-state index is 0.261. The second kappa shape index (κ2) is 6.56. The quantitative estimate of drug-likeness (QED) is 0.803. The minimum Gasteiger partial charge on any atom is -0.325 e. The van der Waals surface area contributed by atoms with Gasteiger partial charge in [0.25, 0.3) is 0 Å². The fourth-order valence-corrected chi connectivity index (χ4v) is 2.04. The zero-order chi connectivity index (χ0) is 14.4. The van der Waals surface area contributed by atoms with Crippen LogP contribution in [0.5, 0.6) is 0 Å². The normalized spacial score (nSPS) is 9.55. The summed E-state index contributed by atoms with van der Waals surface area (Å²) in [7, 11) is 0. The zero-order valence-electron chi connectivity index (χ0n) is 10.6. The highest BCUT2D eigenvalue weighted by atomic mass is 35.5. The van der Waals surface area contributed by atoms with Crippen molar-refractivity contribution in [2.24, 2.45) is 0 Å². The van der Waals surface area contributed by atoms with Gasteiger partial charge in [-0.2, -0.15) is 10.5 Å². The highest BCUT2D eigenvalue weighted by Crippen LogP contribution is 2.26. The molecule has 0 radical (unpaired) electrons. The molecule has 1 aromatic heterocycles. The molecule has 0 aliphatic carbocycles. The van der Waals surface area contributed by atoms with Crippen molar-refractivity contribution < 1.29 is 0 Å². The second-order valence-corrected chi connectivity index (χ2v) is 4.43. The smallest absolute Gasteiger partial charge is 0.136 e. The van der Waals surface area contributed by atoms with Crippen LogP contribution >= 0.6 is 11.6 Å². The Morgan fingerprint density at radius 3 is 2.55 bits per heavy atom. The number of hydrogen-bond donors (Lipinski definition) is 0. The maximum Gasteiger partial charge on any atom is 0.136 e. The molecule has 0 spiro atoms. The standard InChI is InChI=1S/C15H11ClN4/c16-14-9-12(11-18)10-15(19-14)20(8-4-7-17)13-5-2-1-3-6-13/h1-3,5-6,9-10H,4,8H2. The first-order valence-corrected chi connectivity index (χ1v) is 6.39. The van der Waals surface area contributed by atoms with E-state index in [0.29, 0.717) is 24.3 Å². The number of nitrogens with zero attached hydrogens (tertiary/aromatic N) is 4. The van der Waals surface area contributed by atoms with Crippen molar-refractivity contribution in [3.05, 3.63) is 53.2 Å². The molecule has 0 aliphatic heterocycles. The van der Waals surface area contributed by atoms with Gasteiger partial charge in [-0.1, -0.05) is 29.8 Å². The molecule has 4 nitrogen and oxygen atoms in total. The van der Waals surface area contributed by atoms with E-state index < -0.39 is 0 Å². The van der Waals surface area contributed by atoms with Crippen LogP contribution in [-0.4, -0.2) is 11.5 Å². The fraction of sp³-hybridized carbons (Fsp3) is 0.133. The van der Waals surface area contributed by atoms with E-state index in [1.165, 1.54) is 6.07 Å². The van der Waals surface area contributed by atoms with E-state index in [-0.39, 0.29) is 5.15 Å². The Bertz CT molecular complexity index is 671. The molecule has 0 unspecified atom stereocenters. The molecule has 0 fully saturated rings. The predicted molar refractivity (Wildman–Crippen MR) is 77.6 cm³/mol. The summed E-state index contributed by atoms with van der Waals surface area (Å²) < 4.78 is 0. The van der Waals surface area contributed by atoms with Crippen LogP contribution in [-0.2, 0) is 0 Å². The summed E-state index contributed by atoms with van der Waals surface area (Å²) in [4.78, 5) is 6.11. The maximum atomic E-state index is 9.01. The van der Waals surface area contributed by atoms with Crippen LogP contribution in [0, 0.1) is 22.7 Å². The Labute approximate surface area is 122 Å². The average Bonchev–Trinajstić information content (AvgIpc) is 2.48. The number of nitriles is 2. The molecule has 0 saturated carbocycles. The molecule has 20 heavy (non-hydrogen) atoms. The summed E-state index contributed by atoms with van der Waals surface area (Å²) in [5, 5.41) is 18.1. The topological polar surface area (TPSA) is 63.7 Å². The third-order valence-electron chi connectivity index (χ3n) is 2.70. The van der Waals surface area contributed by atoms with E-state index in [1.54, 1.807) is 6.07 Å². The molecule has 0 bridgehead atoms. The van der Waals surface area contributed by atoms with Crippen molar-refractivity contribution >= 4 is 23.1 Å². The first-order chi connectivity index (χ1) is 9.74. The summed E-state index contributed by atoms with van der Waals surface area (Å²) >= 11 is 5.94. The lowest BCUT2D eigenvalue weighted by Gasteiger charge is -2.23. The Morgan fingerprint density at radius 2 is 1.90 bits per heavy atom. The van der Waals surface area contributed by atoms with E-state index in [2.05, 4.69) is 17.1 Å². The van der Waals surface area contributed by atoms with Crippen molar-refractivity contribution in [1.29, 1.82) is 10.5 Å². The van der Waals surface area contributed by atoms with Gasteiger partial charge in [0.15, 0.2) is 0 Å². The van der Waals surface area contributed by atoms with Crippen LogP contribution in [0.1, 0.15) is 12.0 Å². The van der Waals surface area contributed by atoms with Gasteiger partial charge in [0.2, 0.25) is 0 Å². The predicted octanol–water partition coefficient (Wildman–Crippen LogP) is 3.66. The van der Waals surface area contributed by atoms with Gasteiger partial charge in [0.1, 0.15) is 11.0 Å². The van der Waals surface area contributed by atoms with Crippen molar-refractivity contribution in [2.45, 2.75) is 6.42 Å². The Morgan fingerprint density at radius 1 is 1.15 bits per heavy atom. The molecule has 0 atom stereocenters. The van der Waals surface area contributed by atoms with E-state index in [4.69, 9.17) is 22.1 Å². The summed E-state index contributed by atoms with van der Waals surface area (Å²) in [6.45, 7) is 0.485. The van der Waals surface area contributed by atoms with Crippen LogP contribution in [0.25, 0.3) is 0 Å². The van der Waals surface area contributed by atoms with Crippen LogP contribution in [0.15, 0.2) is 42.5 Å². The van der Waals surface area contributed by atoms with Crippen LogP contribution in [0.3, 0.4) is 0 Å². The Kier molecular flexibility index (Phi) is 4.55. The lowest BCUT2D eigenvalue weighted by molar-refractivity contribution is 0.926. The SMILES string of the molecule is N#CCCN(c1ccccc1)c1cc(C#N)cc(Cl)n1. The molecule has 0 amide bonds. The van der Waals surface area contributed by atoms with E-state index >= 15 is 0 Å². The van der Waals surface area contributed by atoms with Crippen molar-refractivity contribution in [1.82, 2.24) is 4.98 Å². The molecule has 1 aromatic carbocycles. The lowest BCUT2D eigenvalue weighted by atomic mass is 10.2. The molecule has 2 aromatic rings. The highest BCUT2D eigenvalue weighted by Gasteiger charge is 2.12. The summed E-state index contributed by atoms with van der Waals surface area (Å²) in [6, 6.07) is 16.9. The average molecular weight is 283 g/mol. The third-order valence-corrected chi connectivity index (χ3v) is 2.89. The van der Waals surface area contributed by atoms with Crippen LogP contribution in [0.4, 0.5) is 11.5 Å². The first kappa shape index (κ1) is 13.9. The summed E-state index contributed by atoms with van der Waals surface area (Å²) in [6.07, 6.45) is 0.352. The Hall–Kier alpha value is -2.56. The van der Waals surface area contributed by atoms with Gasteiger partial charge < -0.3 is 4.90 Å². The number of anilines is 2. The number of aromatic nitrogens is 1. The van der Waals surface area contributed by atoms with Crippen LogP contribution < -0.4 is 4.90 Å². The van der Waals surface area contributed by atoms with Gasteiger partial charge in [0.05, 0.1) is 24.1 Å². The molecule has 1 heterocycles. The van der Waals surface area contributed by atoms with Gasteiger partial charge in [-0.05, 0) is 24.3 Å².